The predicted molar refractivity (Wildman–Crippen MR) is 81.4 cm³/mol. The van der Waals surface area contributed by atoms with Crippen LogP contribution in [0.3, 0.4) is 0 Å². The Balaban J connectivity index is 2.51. The van der Waals surface area contributed by atoms with Crippen LogP contribution in [-0.4, -0.2) is 16.9 Å². The van der Waals surface area contributed by atoms with Gasteiger partial charge in [-0.25, -0.2) is 0 Å². The van der Waals surface area contributed by atoms with Crippen molar-refractivity contribution in [2.24, 2.45) is 5.73 Å². The number of aryl methyl sites for hydroxylation is 1. The predicted octanol–water partition coefficient (Wildman–Crippen LogP) is 3.48. The van der Waals surface area contributed by atoms with Crippen LogP contribution in [0, 0.1) is 6.92 Å². The molecule has 5 heteroatoms. The highest BCUT2D eigenvalue weighted by atomic mass is 35.5. The molecule has 2 N–H and O–H groups in total. The number of hydrogen-bond acceptors (Lipinski definition) is 3. The number of hydrogen-bond donors (Lipinski definition) is 1. The van der Waals surface area contributed by atoms with Gasteiger partial charge in [-0.3, -0.25) is 4.68 Å². The zero-order valence-electron chi connectivity index (χ0n) is 12.2. The summed E-state index contributed by atoms with van der Waals surface area (Å²) in [6.07, 6.45) is 1.70. The molecule has 2 rings (SSSR count). The van der Waals surface area contributed by atoms with Gasteiger partial charge >= 0.3 is 0 Å². The Hall–Kier alpha value is -1.52. The Bertz CT molecular complexity index is 587. The van der Waals surface area contributed by atoms with E-state index in [1.807, 2.05) is 29.8 Å². The van der Waals surface area contributed by atoms with Crippen molar-refractivity contribution in [1.82, 2.24) is 9.78 Å². The van der Waals surface area contributed by atoms with Crippen LogP contribution >= 0.6 is 11.6 Å². The highest BCUT2D eigenvalue weighted by Crippen LogP contribution is 2.31. The Morgan fingerprint density at radius 3 is 2.55 bits per heavy atom. The van der Waals surface area contributed by atoms with Crippen molar-refractivity contribution < 1.29 is 4.74 Å². The molecular formula is C15H20ClN3O. The van der Waals surface area contributed by atoms with E-state index in [4.69, 9.17) is 22.1 Å². The summed E-state index contributed by atoms with van der Waals surface area (Å²) in [5.74, 6) is 0.698. The van der Waals surface area contributed by atoms with E-state index in [1.165, 1.54) is 0 Å². The van der Waals surface area contributed by atoms with E-state index in [2.05, 4.69) is 18.9 Å². The molecule has 0 aliphatic rings. The van der Waals surface area contributed by atoms with Gasteiger partial charge in [0.15, 0.2) is 5.75 Å². The van der Waals surface area contributed by atoms with Gasteiger partial charge in [0.2, 0.25) is 0 Å². The fraction of sp³-hybridized carbons (Fsp3) is 0.400. The lowest BCUT2D eigenvalue weighted by molar-refractivity contribution is 0.401. The van der Waals surface area contributed by atoms with Crippen LogP contribution in [0.25, 0.3) is 0 Å². The molecule has 0 aliphatic carbocycles. The van der Waals surface area contributed by atoms with E-state index in [0.29, 0.717) is 10.8 Å². The summed E-state index contributed by atoms with van der Waals surface area (Å²) in [7, 11) is 1.63. The third-order valence-electron chi connectivity index (χ3n) is 3.23. The maximum Gasteiger partial charge on any atom is 0.161 e. The lowest BCUT2D eigenvalue weighted by Crippen LogP contribution is -2.19. The van der Waals surface area contributed by atoms with Gasteiger partial charge in [-0.15, -0.1) is 0 Å². The van der Waals surface area contributed by atoms with Crippen LogP contribution in [0.2, 0.25) is 5.02 Å². The molecule has 0 aliphatic heterocycles. The fourth-order valence-electron chi connectivity index (χ4n) is 2.32. The molecule has 0 radical (unpaired) electrons. The molecule has 1 heterocycles. The lowest BCUT2D eigenvalue weighted by atomic mass is 10.0. The number of ether oxygens (including phenoxy) is 1. The van der Waals surface area contributed by atoms with Crippen molar-refractivity contribution in [3.05, 3.63) is 46.2 Å². The molecule has 1 aromatic carbocycles. The quantitative estimate of drug-likeness (QED) is 0.939. The molecule has 0 spiro atoms. The summed E-state index contributed by atoms with van der Waals surface area (Å²) >= 11 is 6.12. The second kappa shape index (κ2) is 5.85. The lowest BCUT2D eigenvalue weighted by Gasteiger charge is -2.19. The van der Waals surface area contributed by atoms with E-state index in [9.17, 15) is 0 Å². The van der Waals surface area contributed by atoms with Crippen LogP contribution in [0.5, 0.6) is 5.75 Å². The zero-order valence-corrected chi connectivity index (χ0v) is 13.0. The minimum Gasteiger partial charge on any atom is -0.493 e. The summed E-state index contributed by atoms with van der Waals surface area (Å²) in [6, 6.07) is 5.71. The second-order valence-electron chi connectivity index (χ2n) is 5.18. The first-order chi connectivity index (χ1) is 9.43. The molecule has 20 heavy (non-hydrogen) atoms. The summed E-state index contributed by atoms with van der Waals surface area (Å²) in [6.45, 7) is 6.12. The van der Waals surface area contributed by atoms with Crippen molar-refractivity contribution in [2.45, 2.75) is 32.9 Å². The van der Waals surface area contributed by atoms with Crippen molar-refractivity contribution >= 4 is 11.6 Å². The van der Waals surface area contributed by atoms with Crippen molar-refractivity contribution in [3.63, 3.8) is 0 Å². The largest absolute Gasteiger partial charge is 0.493 e. The third-order valence-corrected chi connectivity index (χ3v) is 3.44. The van der Waals surface area contributed by atoms with Crippen molar-refractivity contribution in [1.29, 1.82) is 0 Å². The fourth-order valence-corrected chi connectivity index (χ4v) is 2.62. The Morgan fingerprint density at radius 1 is 1.30 bits per heavy atom. The van der Waals surface area contributed by atoms with Gasteiger partial charge in [-0.1, -0.05) is 17.7 Å². The molecule has 0 amide bonds. The number of nitrogens with zero attached hydrogens (tertiary/aromatic N) is 2. The molecule has 1 aromatic heterocycles. The van der Waals surface area contributed by atoms with Gasteiger partial charge in [0.05, 0.1) is 19.3 Å². The highest BCUT2D eigenvalue weighted by molar-refractivity contribution is 6.30. The van der Waals surface area contributed by atoms with E-state index >= 15 is 0 Å². The molecule has 2 aromatic rings. The average molecular weight is 294 g/mol. The smallest absolute Gasteiger partial charge is 0.161 e. The van der Waals surface area contributed by atoms with Crippen LogP contribution in [0.1, 0.15) is 42.8 Å². The van der Waals surface area contributed by atoms with Crippen molar-refractivity contribution in [2.75, 3.05) is 7.11 Å². The first kappa shape index (κ1) is 14.9. The number of halogens is 1. The zero-order chi connectivity index (χ0) is 14.9. The average Bonchev–Trinajstić information content (AvgIpc) is 2.80. The third kappa shape index (κ3) is 2.81. The van der Waals surface area contributed by atoms with E-state index in [-0.39, 0.29) is 12.1 Å². The molecule has 4 nitrogen and oxygen atoms in total. The van der Waals surface area contributed by atoms with E-state index < -0.39 is 0 Å². The monoisotopic (exact) mass is 293 g/mol. The molecule has 0 saturated carbocycles. The molecule has 0 bridgehead atoms. The minimum absolute atomic E-state index is 0.209. The number of aromatic nitrogens is 2. The maximum absolute atomic E-state index is 6.41. The number of benzene rings is 1. The molecule has 0 saturated heterocycles. The van der Waals surface area contributed by atoms with Crippen LogP contribution in [-0.2, 0) is 0 Å². The normalized spacial score (nSPS) is 12.8. The van der Waals surface area contributed by atoms with Gasteiger partial charge in [0, 0.05) is 11.1 Å². The summed E-state index contributed by atoms with van der Waals surface area (Å²) in [4.78, 5) is 0. The topological polar surface area (TPSA) is 53.1 Å². The van der Waals surface area contributed by atoms with E-state index in [1.54, 1.807) is 13.3 Å². The summed E-state index contributed by atoms with van der Waals surface area (Å²) < 4.78 is 7.27. The van der Waals surface area contributed by atoms with E-state index in [0.717, 1.165) is 16.8 Å². The van der Waals surface area contributed by atoms with Gasteiger partial charge < -0.3 is 10.5 Å². The number of methoxy groups -OCH3 is 1. The first-order valence-corrected chi connectivity index (χ1v) is 6.96. The van der Waals surface area contributed by atoms with Gasteiger partial charge in [0.1, 0.15) is 5.69 Å². The SMILES string of the molecule is COc1cnn(C(C)C)c1C(N)c1cc(C)cc(Cl)c1. The molecule has 1 unspecified atom stereocenters. The van der Waals surface area contributed by atoms with Gasteiger partial charge in [-0.05, 0) is 44.0 Å². The Kier molecular flexibility index (Phi) is 4.35. The molecule has 108 valence electrons. The summed E-state index contributed by atoms with van der Waals surface area (Å²) in [5, 5.41) is 5.04. The summed E-state index contributed by atoms with van der Waals surface area (Å²) in [5.41, 5.74) is 9.31. The Morgan fingerprint density at radius 2 is 2.00 bits per heavy atom. The highest BCUT2D eigenvalue weighted by Gasteiger charge is 2.22. The van der Waals surface area contributed by atoms with Crippen LogP contribution < -0.4 is 10.5 Å². The number of rotatable bonds is 4. The first-order valence-electron chi connectivity index (χ1n) is 6.58. The molecular weight excluding hydrogens is 274 g/mol. The van der Waals surface area contributed by atoms with Crippen LogP contribution in [0.15, 0.2) is 24.4 Å². The Labute approximate surface area is 124 Å². The standard InChI is InChI=1S/C15H20ClN3O/c1-9(2)19-15(13(20-4)8-18-19)14(17)11-5-10(3)6-12(16)7-11/h5-9,14H,17H2,1-4H3. The van der Waals surface area contributed by atoms with Gasteiger partial charge in [-0.2, -0.15) is 5.10 Å². The molecule has 1 atom stereocenters. The van der Waals surface area contributed by atoms with Crippen LogP contribution in [0.4, 0.5) is 0 Å². The second-order valence-corrected chi connectivity index (χ2v) is 5.61. The minimum atomic E-state index is -0.327. The maximum atomic E-state index is 6.41. The van der Waals surface area contributed by atoms with Gasteiger partial charge in [0.25, 0.3) is 0 Å². The number of nitrogens with two attached hydrogens (primary N) is 1. The van der Waals surface area contributed by atoms with Crippen molar-refractivity contribution in [3.8, 4) is 5.75 Å². The molecule has 0 fully saturated rings.